The monoisotopic (exact) mass is 423 g/mol. The van der Waals surface area contributed by atoms with Crippen LogP contribution in [-0.4, -0.2) is 58.8 Å². The number of hydrogen-bond donors (Lipinski definition) is 0. The van der Waals surface area contributed by atoms with Crippen LogP contribution >= 0.6 is 11.8 Å². The summed E-state index contributed by atoms with van der Waals surface area (Å²) in [5.41, 5.74) is 1.97. The van der Waals surface area contributed by atoms with Gasteiger partial charge in [0.1, 0.15) is 0 Å². The average Bonchev–Trinajstić information content (AvgIpc) is 3.27. The maximum absolute atomic E-state index is 12.8. The van der Waals surface area contributed by atoms with Crippen LogP contribution in [0.3, 0.4) is 0 Å². The molecule has 152 valence electrons. The molecular formula is C19H25N3O4S2. The van der Waals surface area contributed by atoms with Crippen molar-refractivity contribution in [3.8, 4) is 11.5 Å². The van der Waals surface area contributed by atoms with Crippen molar-refractivity contribution in [2.45, 2.75) is 50.9 Å². The van der Waals surface area contributed by atoms with Crippen LogP contribution in [0.1, 0.15) is 32.3 Å². The van der Waals surface area contributed by atoms with E-state index in [0.29, 0.717) is 17.5 Å². The van der Waals surface area contributed by atoms with E-state index < -0.39 is 9.84 Å². The second-order valence-corrected chi connectivity index (χ2v) is 10.3. The van der Waals surface area contributed by atoms with Crippen molar-refractivity contribution in [2.75, 3.05) is 17.3 Å². The third-order valence-corrected chi connectivity index (χ3v) is 7.53. The molecule has 0 N–H and O–H groups in total. The largest absolute Gasteiger partial charge is 0.411 e. The fourth-order valence-corrected chi connectivity index (χ4v) is 5.62. The summed E-state index contributed by atoms with van der Waals surface area (Å²) in [5, 5.41) is 8.38. The van der Waals surface area contributed by atoms with E-state index in [9.17, 15) is 13.2 Å². The SMILES string of the molecule is CC[C@H](C)N(C(=O)CSc1nnc(-c2ccc(C)cc2)o1)[C@H]1CCS(=O)(=O)C1. The van der Waals surface area contributed by atoms with E-state index in [2.05, 4.69) is 10.2 Å². The number of benzene rings is 1. The molecule has 2 heterocycles. The van der Waals surface area contributed by atoms with Gasteiger partial charge < -0.3 is 9.32 Å². The first-order valence-corrected chi connectivity index (χ1v) is 12.1. The van der Waals surface area contributed by atoms with Crippen LogP contribution in [0.25, 0.3) is 11.5 Å². The lowest BCUT2D eigenvalue weighted by molar-refractivity contribution is -0.132. The number of sulfone groups is 1. The zero-order valence-electron chi connectivity index (χ0n) is 16.3. The first-order valence-electron chi connectivity index (χ1n) is 9.34. The molecular weight excluding hydrogens is 398 g/mol. The zero-order chi connectivity index (χ0) is 20.3. The summed E-state index contributed by atoms with van der Waals surface area (Å²) >= 11 is 1.18. The fraction of sp³-hybridized carbons (Fsp3) is 0.526. The molecule has 1 amide bonds. The summed E-state index contributed by atoms with van der Waals surface area (Å²) in [6.07, 6.45) is 1.27. The molecule has 0 bridgehead atoms. The standard InChI is InChI=1S/C19H25N3O4S2/c1-4-14(3)22(16-9-10-28(24,25)12-16)17(23)11-27-19-21-20-18(26-19)15-7-5-13(2)6-8-15/h5-8,14,16H,4,9-12H2,1-3H3/t14-,16-/m0/s1. The van der Waals surface area contributed by atoms with Gasteiger partial charge in [-0.15, -0.1) is 10.2 Å². The maximum atomic E-state index is 12.8. The highest BCUT2D eigenvalue weighted by molar-refractivity contribution is 7.99. The molecule has 0 spiro atoms. The minimum absolute atomic E-state index is 0.0165. The lowest BCUT2D eigenvalue weighted by atomic mass is 10.1. The normalized spacial score (nSPS) is 19.5. The lowest BCUT2D eigenvalue weighted by Gasteiger charge is -2.33. The van der Waals surface area contributed by atoms with Gasteiger partial charge >= 0.3 is 0 Å². The van der Waals surface area contributed by atoms with Crippen LogP contribution in [0, 0.1) is 6.92 Å². The molecule has 1 aliphatic heterocycles. The summed E-state index contributed by atoms with van der Waals surface area (Å²) in [5.74, 6) is 0.642. The highest BCUT2D eigenvalue weighted by Crippen LogP contribution is 2.26. The van der Waals surface area contributed by atoms with Crippen molar-refractivity contribution in [3.63, 3.8) is 0 Å². The second-order valence-electron chi connectivity index (χ2n) is 7.14. The Hall–Kier alpha value is -1.87. The van der Waals surface area contributed by atoms with E-state index in [1.54, 1.807) is 4.90 Å². The number of carbonyl (C=O) groups excluding carboxylic acids is 1. The van der Waals surface area contributed by atoms with Gasteiger partial charge in [-0.05, 0) is 38.8 Å². The van der Waals surface area contributed by atoms with E-state index in [4.69, 9.17) is 4.42 Å². The predicted molar refractivity (Wildman–Crippen MR) is 109 cm³/mol. The number of amides is 1. The van der Waals surface area contributed by atoms with Gasteiger partial charge in [-0.3, -0.25) is 4.79 Å². The minimum atomic E-state index is -3.05. The first-order chi connectivity index (χ1) is 13.3. The topological polar surface area (TPSA) is 93.4 Å². The van der Waals surface area contributed by atoms with Gasteiger partial charge in [0, 0.05) is 17.6 Å². The Kier molecular flexibility index (Phi) is 6.44. The van der Waals surface area contributed by atoms with E-state index in [-0.39, 0.29) is 35.2 Å². The molecule has 3 rings (SSSR count). The molecule has 0 unspecified atom stereocenters. The van der Waals surface area contributed by atoms with Gasteiger partial charge in [0.25, 0.3) is 5.22 Å². The maximum Gasteiger partial charge on any atom is 0.277 e. The third-order valence-electron chi connectivity index (χ3n) is 4.98. The summed E-state index contributed by atoms with van der Waals surface area (Å²) in [6.45, 7) is 5.95. The van der Waals surface area contributed by atoms with Gasteiger partial charge in [0.15, 0.2) is 9.84 Å². The average molecular weight is 424 g/mol. The zero-order valence-corrected chi connectivity index (χ0v) is 17.9. The quantitative estimate of drug-likeness (QED) is 0.632. The molecule has 2 atom stereocenters. The Morgan fingerprint density at radius 3 is 2.64 bits per heavy atom. The number of thioether (sulfide) groups is 1. The fourth-order valence-electron chi connectivity index (χ4n) is 3.28. The van der Waals surface area contributed by atoms with E-state index in [0.717, 1.165) is 17.5 Å². The molecule has 1 aliphatic rings. The Bertz CT molecular complexity index is 925. The van der Waals surface area contributed by atoms with Crippen LogP contribution in [-0.2, 0) is 14.6 Å². The number of nitrogens with zero attached hydrogens (tertiary/aromatic N) is 3. The Morgan fingerprint density at radius 2 is 2.04 bits per heavy atom. The van der Waals surface area contributed by atoms with Gasteiger partial charge in [-0.1, -0.05) is 36.4 Å². The van der Waals surface area contributed by atoms with Gasteiger partial charge in [0.2, 0.25) is 11.8 Å². The molecule has 7 nitrogen and oxygen atoms in total. The third kappa shape index (κ3) is 4.94. The molecule has 1 aromatic carbocycles. The molecule has 0 radical (unpaired) electrons. The molecule has 9 heteroatoms. The van der Waals surface area contributed by atoms with E-state index in [1.165, 1.54) is 11.8 Å². The Balaban J connectivity index is 1.65. The summed E-state index contributed by atoms with van der Waals surface area (Å²) < 4.78 is 29.3. The number of aryl methyl sites for hydroxylation is 1. The molecule has 2 aromatic rings. The molecule has 1 fully saturated rings. The van der Waals surface area contributed by atoms with Crippen molar-refractivity contribution in [3.05, 3.63) is 29.8 Å². The number of hydrogen-bond acceptors (Lipinski definition) is 7. The van der Waals surface area contributed by atoms with Crippen LogP contribution in [0.5, 0.6) is 0 Å². The molecule has 1 aromatic heterocycles. The van der Waals surface area contributed by atoms with Crippen LogP contribution in [0.4, 0.5) is 0 Å². The van der Waals surface area contributed by atoms with E-state index in [1.807, 2.05) is 45.0 Å². The minimum Gasteiger partial charge on any atom is -0.411 e. The number of rotatable bonds is 7. The van der Waals surface area contributed by atoms with Gasteiger partial charge in [-0.25, -0.2) is 8.42 Å². The van der Waals surface area contributed by atoms with Crippen LogP contribution in [0.15, 0.2) is 33.9 Å². The van der Waals surface area contributed by atoms with Crippen molar-refractivity contribution in [2.24, 2.45) is 0 Å². The number of aromatic nitrogens is 2. The molecule has 0 saturated carbocycles. The van der Waals surface area contributed by atoms with Crippen molar-refractivity contribution in [1.29, 1.82) is 0 Å². The highest BCUT2D eigenvalue weighted by atomic mass is 32.2. The van der Waals surface area contributed by atoms with E-state index >= 15 is 0 Å². The predicted octanol–water partition coefficient (Wildman–Crippen LogP) is 2.95. The second kappa shape index (κ2) is 8.65. The first kappa shape index (κ1) is 20.9. The summed E-state index contributed by atoms with van der Waals surface area (Å²) in [7, 11) is -3.05. The molecule has 0 aliphatic carbocycles. The van der Waals surface area contributed by atoms with Gasteiger partial charge in [0.05, 0.1) is 17.3 Å². The lowest BCUT2D eigenvalue weighted by Crippen LogP contribution is -2.47. The molecule has 1 saturated heterocycles. The van der Waals surface area contributed by atoms with Crippen molar-refractivity contribution >= 4 is 27.5 Å². The van der Waals surface area contributed by atoms with Crippen molar-refractivity contribution < 1.29 is 17.6 Å². The Labute approximate surface area is 169 Å². The molecule has 28 heavy (non-hydrogen) atoms. The Morgan fingerprint density at radius 1 is 1.32 bits per heavy atom. The highest BCUT2D eigenvalue weighted by Gasteiger charge is 2.36. The van der Waals surface area contributed by atoms with Crippen molar-refractivity contribution in [1.82, 2.24) is 15.1 Å². The smallest absolute Gasteiger partial charge is 0.277 e. The van der Waals surface area contributed by atoms with Crippen LogP contribution in [0.2, 0.25) is 0 Å². The summed E-state index contributed by atoms with van der Waals surface area (Å²) in [4.78, 5) is 14.6. The summed E-state index contributed by atoms with van der Waals surface area (Å²) in [6, 6.07) is 7.49. The van der Waals surface area contributed by atoms with Gasteiger partial charge in [-0.2, -0.15) is 0 Å². The number of carbonyl (C=O) groups is 1. The van der Waals surface area contributed by atoms with Crippen LogP contribution < -0.4 is 0 Å².